The molecule has 2 heteroatoms. The fourth-order valence-corrected chi connectivity index (χ4v) is 1.80. The lowest BCUT2D eigenvalue weighted by Gasteiger charge is -2.08. The van der Waals surface area contributed by atoms with Crippen LogP contribution in [0.5, 0.6) is 0 Å². The summed E-state index contributed by atoms with van der Waals surface area (Å²) in [6, 6.07) is 0. The lowest BCUT2D eigenvalue weighted by atomic mass is 10.2. The van der Waals surface area contributed by atoms with Crippen molar-refractivity contribution < 1.29 is 9.84 Å². The average molecular weight is 328 g/mol. The van der Waals surface area contributed by atoms with Gasteiger partial charge in [0.1, 0.15) is 5.76 Å². The Bertz CT molecular complexity index is 476. The Balaban J connectivity index is 3.92. The zero-order chi connectivity index (χ0) is 17.9. The quantitative estimate of drug-likeness (QED) is 0.200. The Kier molecular flexibility index (Phi) is 15.8. The molecule has 0 aromatic carbocycles. The fraction of sp³-hybridized carbons (Fsp3) is 0.364. The highest BCUT2D eigenvalue weighted by Gasteiger charge is 1.99. The molecule has 0 bridgehead atoms. The van der Waals surface area contributed by atoms with Crippen LogP contribution in [0.3, 0.4) is 0 Å². The highest BCUT2D eigenvalue weighted by molar-refractivity contribution is 5.16. The van der Waals surface area contributed by atoms with Crippen molar-refractivity contribution in [3.05, 3.63) is 85.3 Å². The molecule has 0 saturated carbocycles. The number of aliphatic hydroxyl groups is 1. The number of unbranched alkanes of at least 4 members (excludes halogenated alkanes) is 1. The summed E-state index contributed by atoms with van der Waals surface area (Å²) in [5.41, 5.74) is 0. The molecule has 0 spiro atoms. The smallest absolute Gasteiger partial charge is 0.118 e. The maximum Gasteiger partial charge on any atom is 0.118 e. The third-order valence-corrected chi connectivity index (χ3v) is 3.00. The number of hydrogen-bond acceptors (Lipinski definition) is 2. The second-order valence-corrected chi connectivity index (χ2v) is 5.16. The van der Waals surface area contributed by atoms with E-state index in [-0.39, 0.29) is 0 Å². The maximum absolute atomic E-state index is 9.86. The third-order valence-electron chi connectivity index (χ3n) is 3.00. The van der Waals surface area contributed by atoms with Crippen LogP contribution in [-0.2, 0) is 4.74 Å². The van der Waals surface area contributed by atoms with Gasteiger partial charge in [-0.15, -0.1) is 0 Å². The second-order valence-electron chi connectivity index (χ2n) is 5.16. The lowest BCUT2D eigenvalue weighted by Crippen LogP contribution is -2.06. The molecule has 1 N–H and O–H groups in total. The molecular formula is C22H32O2. The monoisotopic (exact) mass is 328 g/mol. The van der Waals surface area contributed by atoms with Gasteiger partial charge in [-0.3, -0.25) is 0 Å². The lowest BCUT2D eigenvalue weighted by molar-refractivity contribution is 0.149. The molecule has 24 heavy (non-hydrogen) atoms. The zero-order valence-electron chi connectivity index (χ0n) is 15.1. The predicted molar refractivity (Wildman–Crippen MR) is 106 cm³/mol. The van der Waals surface area contributed by atoms with Gasteiger partial charge in [0.25, 0.3) is 0 Å². The van der Waals surface area contributed by atoms with Crippen LogP contribution in [0.1, 0.15) is 39.5 Å². The Morgan fingerprint density at radius 1 is 1.08 bits per heavy atom. The number of rotatable bonds is 13. The molecule has 0 amide bonds. The van der Waals surface area contributed by atoms with Gasteiger partial charge >= 0.3 is 0 Å². The van der Waals surface area contributed by atoms with Gasteiger partial charge in [0.2, 0.25) is 0 Å². The first-order valence-electron chi connectivity index (χ1n) is 8.65. The van der Waals surface area contributed by atoms with Crippen LogP contribution in [0.15, 0.2) is 85.3 Å². The number of aliphatic hydroxyl groups excluding tert-OH is 1. The standard InChI is InChI=1S/C22H32O2/c1-4-7-8-9-10-11-12-13-14-15-18-21(23)19-20-24-22(16-5-2)17-6-3/h5-8,11-18,21,23H,2,4,9-10,19-20H2,1,3H3/b8-7-,12-11+,14-13-,17-6-,18-15+,22-16+. The number of hydrogen-bond donors (Lipinski definition) is 1. The van der Waals surface area contributed by atoms with Crippen LogP contribution in [0.25, 0.3) is 0 Å². The molecule has 2 nitrogen and oxygen atoms in total. The topological polar surface area (TPSA) is 29.5 Å². The molecule has 0 saturated heterocycles. The second kappa shape index (κ2) is 17.3. The molecule has 0 heterocycles. The van der Waals surface area contributed by atoms with Crippen LogP contribution in [0.2, 0.25) is 0 Å². The minimum Gasteiger partial charge on any atom is -0.493 e. The molecule has 0 aliphatic carbocycles. The van der Waals surface area contributed by atoms with Crippen molar-refractivity contribution in [1.82, 2.24) is 0 Å². The van der Waals surface area contributed by atoms with E-state index in [9.17, 15) is 5.11 Å². The third kappa shape index (κ3) is 14.9. The normalized spacial score (nSPS) is 14.7. The predicted octanol–water partition coefficient (Wildman–Crippen LogP) is 5.82. The van der Waals surface area contributed by atoms with Gasteiger partial charge in [-0.1, -0.05) is 74.3 Å². The first kappa shape index (κ1) is 21.9. The molecule has 0 radical (unpaired) electrons. The minimum atomic E-state index is -0.506. The van der Waals surface area contributed by atoms with Gasteiger partial charge in [-0.2, -0.15) is 0 Å². The number of allylic oxidation sites excluding steroid dienone is 11. The molecule has 0 aliphatic heterocycles. The largest absolute Gasteiger partial charge is 0.493 e. The molecule has 132 valence electrons. The zero-order valence-corrected chi connectivity index (χ0v) is 15.1. The van der Waals surface area contributed by atoms with E-state index in [2.05, 4.69) is 31.7 Å². The number of ether oxygens (including phenoxy) is 1. The summed E-state index contributed by atoms with van der Waals surface area (Å²) in [4.78, 5) is 0. The molecule has 0 fully saturated rings. The van der Waals surface area contributed by atoms with Gasteiger partial charge in [0.15, 0.2) is 0 Å². The van der Waals surface area contributed by atoms with Crippen molar-refractivity contribution in [2.75, 3.05) is 6.61 Å². The SMILES string of the molecule is C=C/C=C(\C=C/C)OCCC(O)/C=C/C=C\C=C\CC/C=C\CC. The van der Waals surface area contributed by atoms with E-state index >= 15 is 0 Å². The van der Waals surface area contributed by atoms with E-state index < -0.39 is 6.10 Å². The summed E-state index contributed by atoms with van der Waals surface area (Å²) in [6.45, 7) is 8.18. The molecule has 0 aliphatic rings. The van der Waals surface area contributed by atoms with E-state index in [0.29, 0.717) is 13.0 Å². The van der Waals surface area contributed by atoms with E-state index in [1.807, 2.05) is 43.4 Å². The maximum atomic E-state index is 9.86. The van der Waals surface area contributed by atoms with Crippen molar-refractivity contribution in [2.45, 2.75) is 45.6 Å². The van der Waals surface area contributed by atoms with Crippen LogP contribution in [-0.4, -0.2) is 17.8 Å². The van der Waals surface area contributed by atoms with E-state index in [1.165, 1.54) is 0 Å². The fourth-order valence-electron chi connectivity index (χ4n) is 1.80. The van der Waals surface area contributed by atoms with Crippen LogP contribution in [0, 0.1) is 0 Å². The Labute approximate surface area is 147 Å². The molecule has 0 aromatic rings. The summed E-state index contributed by atoms with van der Waals surface area (Å²) < 4.78 is 5.57. The summed E-state index contributed by atoms with van der Waals surface area (Å²) in [5, 5.41) is 9.86. The molecule has 0 rings (SSSR count). The van der Waals surface area contributed by atoms with Gasteiger partial charge in [0, 0.05) is 6.42 Å². The van der Waals surface area contributed by atoms with Crippen molar-refractivity contribution in [2.24, 2.45) is 0 Å². The van der Waals surface area contributed by atoms with Crippen molar-refractivity contribution in [3.63, 3.8) is 0 Å². The summed E-state index contributed by atoms with van der Waals surface area (Å²) in [5.74, 6) is 0.752. The van der Waals surface area contributed by atoms with E-state index in [4.69, 9.17) is 4.74 Å². The minimum absolute atomic E-state index is 0.463. The molecule has 0 aromatic heterocycles. The Hall–Kier alpha value is -2.06. The van der Waals surface area contributed by atoms with Gasteiger partial charge in [0.05, 0.1) is 12.7 Å². The van der Waals surface area contributed by atoms with Crippen LogP contribution < -0.4 is 0 Å². The molecule has 1 atom stereocenters. The van der Waals surface area contributed by atoms with Crippen molar-refractivity contribution in [3.8, 4) is 0 Å². The molecule has 1 unspecified atom stereocenters. The van der Waals surface area contributed by atoms with Crippen LogP contribution >= 0.6 is 0 Å². The van der Waals surface area contributed by atoms with Gasteiger partial charge in [-0.05, 0) is 38.3 Å². The van der Waals surface area contributed by atoms with Crippen LogP contribution in [0.4, 0.5) is 0 Å². The summed E-state index contributed by atoms with van der Waals surface area (Å²) >= 11 is 0. The first-order valence-corrected chi connectivity index (χ1v) is 8.65. The van der Waals surface area contributed by atoms with E-state index in [0.717, 1.165) is 25.0 Å². The van der Waals surface area contributed by atoms with Crippen molar-refractivity contribution >= 4 is 0 Å². The van der Waals surface area contributed by atoms with Gasteiger partial charge < -0.3 is 9.84 Å². The van der Waals surface area contributed by atoms with Gasteiger partial charge in [-0.25, -0.2) is 0 Å². The first-order chi connectivity index (χ1) is 11.7. The van der Waals surface area contributed by atoms with E-state index in [1.54, 1.807) is 18.2 Å². The average Bonchev–Trinajstić information content (AvgIpc) is 2.57. The van der Waals surface area contributed by atoms with Crippen molar-refractivity contribution in [1.29, 1.82) is 0 Å². The highest BCUT2D eigenvalue weighted by atomic mass is 16.5. The Morgan fingerprint density at radius 2 is 1.83 bits per heavy atom. The summed E-state index contributed by atoms with van der Waals surface area (Å²) in [6.07, 6.45) is 26.6. The summed E-state index contributed by atoms with van der Waals surface area (Å²) in [7, 11) is 0. The molecular weight excluding hydrogens is 296 g/mol. The highest BCUT2D eigenvalue weighted by Crippen LogP contribution is 2.03. The Morgan fingerprint density at radius 3 is 2.54 bits per heavy atom.